The molecule has 3 nitrogen and oxygen atoms in total. The van der Waals surface area contributed by atoms with Crippen molar-refractivity contribution in [3.63, 3.8) is 0 Å². The number of nitrogens with two attached hydrogens (primary N) is 1. The van der Waals surface area contributed by atoms with Crippen LogP contribution in [0.15, 0.2) is 30.3 Å². The highest BCUT2D eigenvalue weighted by Gasteiger charge is 2.08. The number of hydrogen-bond donors (Lipinski definition) is 1. The third kappa shape index (κ3) is 2.08. The van der Waals surface area contributed by atoms with Gasteiger partial charge in [-0.15, -0.1) is 0 Å². The van der Waals surface area contributed by atoms with Crippen molar-refractivity contribution in [2.24, 2.45) is 0 Å². The Kier molecular flexibility index (Phi) is 2.75. The molecule has 17 heavy (non-hydrogen) atoms. The van der Waals surface area contributed by atoms with Crippen molar-refractivity contribution in [3.05, 3.63) is 47.3 Å². The number of aryl methyl sites for hydroxylation is 1. The van der Waals surface area contributed by atoms with Crippen LogP contribution in [-0.2, 0) is 0 Å². The number of anilines is 1. The summed E-state index contributed by atoms with van der Waals surface area (Å²) in [5, 5.41) is 8.82. The van der Waals surface area contributed by atoms with E-state index in [0.717, 1.165) is 11.1 Å². The molecule has 0 unspecified atom stereocenters. The molecular weight excluding hydrogens is 217 g/mol. The monoisotopic (exact) mass is 227 g/mol. The van der Waals surface area contributed by atoms with Crippen molar-refractivity contribution < 1.29 is 4.39 Å². The summed E-state index contributed by atoms with van der Waals surface area (Å²) < 4.78 is 12.8. The van der Waals surface area contributed by atoms with E-state index in [1.54, 1.807) is 18.2 Å². The second-order valence-corrected chi connectivity index (χ2v) is 3.71. The van der Waals surface area contributed by atoms with Crippen LogP contribution >= 0.6 is 0 Å². The molecular formula is C13H10FN3. The van der Waals surface area contributed by atoms with Crippen LogP contribution in [-0.4, -0.2) is 4.98 Å². The quantitative estimate of drug-likeness (QED) is 0.814. The topological polar surface area (TPSA) is 62.7 Å². The van der Waals surface area contributed by atoms with Gasteiger partial charge in [0, 0.05) is 5.56 Å². The van der Waals surface area contributed by atoms with Gasteiger partial charge in [-0.25, -0.2) is 9.37 Å². The summed E-state index contributed by atoms with van der Waals surface area (Å²) in [6, 6.07) is 9.66. The van der Waals surface area contributed by atoms with Crippen LogP contribution < -0.4 is 5.73 Å². The Morgan fingerprint density at radius 3 is 2.53 bits per heavy atom. The lowest BCUT2D eigenvalue weighted by atomic mass is 10.0. The Hall–Kier alpha value is -2.41. The molecule has 4 heteroatoms. The van der Waals surface area contributed by atoms with Gasteiger partial charge in [-0.05, 0) is 42.8 Å². The molecule has 0 saturated carbocycles. The van der Waals surface area contributed by atoms with Gasteiger partial charge in [0.15, 0.2) is 0 Å². The Balaban J connectivity index is 2.57. The van der Waals surface area contributed by atoms with Crippen LogP contribution in [0.3, 0.4) is 0 Å². The number of aromatic nitrogens is 1. The van der Waals surface area contributed by atoms with Crippen LogP contribution in [0.2, 0.25) is 0 Å². The summed E-state index contributed by atoms with van der Waals surface area (Å²) in [6.07, 6.45) is 0. The Morgan fingerprint density at radius 1 is 1.29 bits per heavy atom. The van der Waals surface area contributed by atoms with Crippen LogP contribution in [0.25, 0.3) is 11.3 Å². The molecule has 0 spiro atoms. The number of pyridine rings is 1. The first-order valence-corrected chi connectivity index (χ1v) is 5.05. The molecule has 0 saturated heterocycles. The Bertz CT molecular complexity index is 597. The number of benzene rings is 1. The molecule has 2 aromatic rings. The maximum absolute atomic E-state index is 12.8. The van der Waals surface area contributed by atoms with Crippen molar-refractivity contribution in [2.75, 3.05) is 5.73 Å². The SMILES string of the molecule is Cc1cc(C#N)c(N)nc1-c1ccc(F)cc1. The first kappa shape index (κ1) is 11.1. The zero-order chi connectivity index (χ0) is 12.4. The van der Waals surface area contributed by atoms with E-state index in [1.165, 1.54) is 12.1 Å². The molecule has 0 fully saturated rings. The second kappa shape index (κ2) is 4.22. The average molecular weight is 227 g/mol. The van der Waals surface area contributed by atoms with Crippen molar-refractivity contribution in [2.45, 2.75) is 6.92 Å². The number of nitrogen functional groups attached to an aromatic ring is 1. The fourth-order valence-electron chi connectivity index (χ4n) is 1.62. The molecule has 1 heterocycles. The van der Waals surface area contributed by atoms with Gasteiger partial charge in [-0.1, -0.05) is 0 Å². The number of nitrogens with zero attached hydrogens (tertiary/aromatic N) is 2. The molecule has 0 aliphatic rings. The third-order valence-electron chi connectivity index (χ3n) is 2.48. The number of rotatable bonds is 1. The summed E-state index contributed by atoms with van der Waals surface area (Å²) in [5.74, 6) is -0.106. The summed E-state index contributed by atoms with van der Waals surface area (Å²) >= 11 is 0. The molecule has 2 rings (SSSR count). The number of halogens is 1. The van der Waals surface area contributed by atoms with Crippen molar-refractivity contribution in [1.29, 1.82) is 5.26 Å². The smallest absolute Gasteiger partial charge is 0.142 e. The van der Waals surface area contributed by atoms with Gasteiger partial charge in [0.2, 0.25) is 0 Å². The molecule has 0 atom stereocenters. The summed E-state index contributed by atoms with van der Waals surface area (Å²) in [5.41, 5.74) is 8.30. The first-order chi connectivity index (χ1) is 8.11. The predicted molar refractivity (Wildman–Crippen MR) is 63.5 cm³/mol. The van der Waals surface area contributed by atoms with Gasteiger partial charge in [0.1, 0.15) is 17.7 Å². The second-order valence-electron chi connectivity index (χ2n) is 3.71. The fourth-order valence-corrected chi connectivity index (χ4v) is 1.62. The van der Waals surface area contributed by atoms with E-state index in [-0.39, 0.29) is 11.6 Å². The van der Waals surface area contributed by atoms with E-state index in [4.69, 9.17) is 11.0 Å². The largest absolute Gasteiger partial charge is 0.383 e. The van der Waals surface area contributed by atoms with Gasteiger partial charge < -0.3 is 5.73 Å². The van der Waals surface area contributed by atoms with Gasteiger partial charge in [-0.2, -0.15) is 5.26 Å². The average Bonchev–Trinajstić information content (AvgIpc) is 2.33. The molecule has 0 amide bonds. The van der Waals surface area contributed by atoms with E-state index >= 15 is 0 Å². The fraction of sp³-hybridized carbons (Fsp3) is 0.0769. The minimum absolute atomic E-state index is 0.192. The molecule has 2 N–H and O–H groups in total. The van der Waals surface area contributed by atoms with Crippen LogP contribution in [0.5, 0.6) is 0 Å². The van der Waals surface area contributed by atoms with Gasteiger partial charge in [-0.3, -0.25) is 0 Å². The maximum Gasteiger partial charge on any atom is 0.142 e. The third-order valence-corrected chi connectivity index (χ3v) is 2.48. The minimum Gasteiger partial charge on any atom is -0.383 e. The number of nitriles is 1. The highest BCUT2D eigenvalue weighted by atomic mass is 19.1. The molecule has 1 aromatic heterocycles. The lowest BCUT2D eigenvalue weighted by Gasteiger charge is -2.07. The van der Waals surface area contributed by atoms with Gasteiger partial charge in [0.05, 0.1) is 11.3 Å². The predicted octanol–water partition coefficient (Wildman–Crippen LogP) is 2.65. The van der Waals surface area contributed by atoms with Gasteiger partial charge >= 0.3 is 0 Å². The van der Waals surface area contributed by atoms with Gasteiger partial charge in [0.25, 0.3) is 0 Å². The minimum atomic E-state index is -0.298. The normalized spacial score (nSPS) is 9.94. The molecule has 84 valence electrons. The summed E-state index contributed by atoms with van der Waals surface area (Å²) in [7, 11) is 0. The zero-order valence-electron chi connectivity index (χ0n) is 9.24. The van der Waals surface area contributed by atoms with E-state index < -0.39 is 0 Å². The van der Waals surface area contributed by atoms with E-state index in [9.17, 15) is 4.39 Å². The van der Waals surface area contributed by atoms with Crippen molar-refractivity contribution >= 4 is 5.82 Å². The molecule has 0 aliphatic carbocycles. The molecule has 0 radical (unpaired) electrons. The zero-order valence-corrected chi connectivity index (χ0v) is 9.24. The van der Waals surface area contributed by atoms with Crippen LogP contribution in [0.1, 0.15) is 11.1 Å². The van der Waals surface area contributed by atoms with E-state index in [0.29, 0.717) is 11.3 Å². The number of hydrogen-bond acceptors (Lipinski definition) is 3. The highest BCUT2D eigenvalue weighted by molar-refractivity contribution is 5.67. The summed E-state index contributed by atoms with van der Waals surface area (Å²) in [4.78, 5) is 4.18. The Morgan fingerprint density at radius 2 is 1.94 bits per heavy atom. The maximum atomic E-state index is 12.8. The molecule has 1 aromatic carbocycles. The summed E-state index contributed by atoms with van der Waals surface area (Å²) in [6.45, 7) is 1.84. The lowest BCUT2D eigenvalue weighted by Crippen LogP contribution is -1.99. The first-order valence-electron chi connectivity index (χ1n) is 5.05. The molecule has 0 aliphatic heterocycles. The van der Waals surface area contributed by atoms with Crippen molar-refractivity contribution in [3.8, 4) is 17.3 Å². The van der Waals surface area contributed by atoms with Crippen molar-refractivity contribution in [1.82, 2.24) is 4.98 Å². The molecule has 0 bridgehead atoms. The van der Waals surface area contributed by atoms with Crippen LogP contribution in [0.4, 0.5) is 10.2 Å². The Labute approximate surface area is 98.3 Å². The van der Waals surface area contributed by atoms with E-state index in [2.05, 4.69) is 4.98 Å². The standard InChI is InChI=1S/C13H10FN3/c1-8-6-10(7-15)13(16)17-12(8)9-2-4-11(14)5-3-9/h2-6H,1H3,(H2,16,17). The van der Waals surface area contributed by atoms with E-state index in [1.807, 2.05) is 13.0 Å². The lowest BCUT2D eigenvalue weighted by molar-refractivity contribution is 0.628. The van der Waals surface area contributed by atoms with Crippen LogP contribution in [0, 0.1) is 24.1 Å². The highest BCUT2D eigenvalue weighted by Crippen LogP contribution is 2.24.